The van der Waals surface area contributed by atoms with Crippen molar-refractivity contribution in [3.8, 4) is 0 Å². The molecule has 0 aromatic rings. The molecule has 5 heteroatoms. The summed E-state index contributed by atoms with van der Waals surface area (Å²) in [6.07, 6.45) is 4.33. The molecule has 0 heterocycles. The Kier molecular flexibility index (Phi) is 6.12. The van der Waals surface area contributed by atoms with Crippen LogP contribution in [0.4, 0.5) is 0 Å². The Bertz CT molecular complexity index is 290. The van der Waals surface area contributed by atoms with E-state index in [4.69, 9.17) is 5.73 Å². The Morgan fingerprint density at radius 2 is 1.94 bits per heavy atom. The zero-order valence-corrected chi connectivity index (χ0v) is 11.4. The molecule has 2 atom stereocenters. The molecule has 0 radical (unpaired) electrons. The van der Waals surface area contributed by atoms with E-state index in [2.05, 4.69) is 17.6 Å². The molecule has 0 bridgehead atoms. The van der Waals surface area contributed by atoms with Gasteiger partial charge in [-0.15, -0.1) is 0 Å². The molecule has 0 aromatic carbocycles. The monoisotopic (exact) mass is 255 g/mol. The first kappa shape index (κ1) is 15.0. The highest BCUT2D eigenvalue weighted by atomic mass is 16.2. The van der Waals surface area contributed by atoms with Gasteiger partial charge in [0, 0.05) is 12.5 Å². The molecule has 2 amide bonds. The topological polar surface area (TPSA) is 84.2 Å². The van der Waals surface area contributed by atoms with Crippen LogP contribution in [-0.4, -0.2) is 30.4 Å². The number of nitrogens with one attached hydrogen (secondary N) is 2. The van der Waals surface area contributed by atoms with E-state index in [9.17, 15) is 9.59 Å². The van der Waals surface area contributed by atoms with Crippen molar-refractivity contribution in [3.05, 3.63) is 0 Å². The molecule has 18 heavy (non-hydrogen) atoms. The molecule has 1 aliphatic carbocycles. The van der Waals surface area contributed by atoms with Crippen molar-refractivity contribution in [1.82, 2.24) is 10.6 Å². The lowest BCUT2D eigenvalue weighted by Crippen LogP contribution is -2.45. The summed E-state index contributed by atoms with van der Waals surface area (Å²) in [5.41, 5.74) is 5.46. The molecule has 2 unspecified atom stereocenters. The minimum atomic E-state index is -0.442. The first-order valence-electron chi connectivity index (χ1n) is 6.82. The number of amides is 2. The van der Waals surface area contributed by atoms with Crippen LogP contribution in [0.25, 0.3) is 0 Å². The van der Waals surface area contributed by atoms with Crippen molar-refractivity contribution in [1.29, 1.82) is 0 Å². The summed E-state index contributed by atoms with van der Waals surface area (Å²) >= 11 is 0. The maximum atomic E-state index is 11.6. The van der Waals surface area contributed by atoms with Crippen molar-refractivity contribution in [2.45, 2.75) is 58.0 Å². The molecule has 0 spiro atoms. The highest BCUT2D eigenvalue weighted by Crippen LogP contribution is 2.18. The van der Waals surface area contributed by atoms with E-state index < -0.39 is 6.04 Å². The van der Waals surface area contributed by atoms with Crippen molar-refractivity contribution in [3.63, 3.8) is 0 Å². The van der Waals surface area contributed by atoms with Gasteiger partial charge in [-0.05, 0) is 45.1 Å². The molecule has 104 valence electrons. The fraction of sp³-hybridized carbons (Fsp3) is 0.846. The first-order valence-corrected chi connectivity index (χ1v) is 6.82. The fourth-order valence-electron chi connectivity index (χ4n) is 1.74. The quantitative estimate of drug-likeness (QED) is 0.591. The van der Waals surface area contributed by atoms with Gasteiger partial charge in [-0.1, -0.05) is 6.92 Å². The third-order valence-electron chi connectivity index (χ3n) is 3.22. The van der Waals surface area contributed by atoms with Crippen molar-refractivity contribution >= 4 is 11.8 Å². The molecule has 0 aromatic heterocycles. The van der Waals surface area contributed by atoms with Gasteiger partial charge < -0.3 is 16.4 Å². The summed E-state index contributed by atoms with van der Waals surface area (Å²) in [5.74, 6) is 0.314. The molecular weight excluding hydrogens is 230 g/mol. The number of nitrogens with two attached hydrogens (primary N) is 1. The Labute approximate surface area is 109 Å². The van der Waals surface area contributed by atoms with E-state index in [1.54, 1.807) is 6.92 Å². The third kappa shape index (κ3) is 6.00. The Hall–Kier alpha value is -1.10. The summed E-state index contributed by atoms with van der Waals surface area (Å²) < 4.78 is 0. The summed E-state index contributed by atoms with van der Waals surface area (Å²) in [5, 5.41) is 5.60. The molecule has 1 rings (SSSR count). The largest absolute Gasteiger partial charge is 0.352 e. The van der Waals surface area contributed by atoms with Crippen LogP contribution in [0.3, 0.4) is 0 Å². The van der Waals surface area contributed by atoms with Gasteiger partial charge in [0.15, 0.2) is 0 Å². The van der Waals surface area contributed by atoms with Crippen LogP contribution in [0.1, 0.15) is 46.0 Å². The van der Waals surface area contributed by atoms with Gasteiger partial charge in [0.25, 0.3) is 0 Å². The highest BCUT2D eigenvalue weighted by molar-refractivity contribution is 5.87. The third-order valence-corrected chi connectivity index (χ3v) is 3.22. The second kappa shape index (κ2) is 7.36. The van der Waals surface area contributed by atoms with E-state index in [1.165, 1.54) is 0 Å². The van der Waals surface area contributed by atoms with Crippen LogP contribution in [0.15, 0.2) is 0 Å². The molecule has 0 saturated heterocycles. The molecule has 1 saturated carbocycles. The summed E-state index contributed by atoms with van der Waals surface area (Å²) in [6.45, 7) is 4.46. The number of rotatable bonds is 8. The van der Waals surface area contributed by atoms with Crippen LogP contribution in [0.2, 0.25) is 0 Å². The maximum absolute atomic E-state index is 11.6. The predicted octanol–water partition coefficient (Wildman–Crippen LogP) is 0.535. The summed E-state index contributed by atoms with van der Waals surface area (Å²) in [6, 6.07) is -0.107. The number of carbonyl (C=O) groups is 2. The highest BCUT2D eigenvalue weighted by Gasteiger charge is 2.26. The van der Waals surface area contributed by atoms with Crippen molar-refractivity contribution in [2.24, 2.45) is 11.7 Å². The molecule has 5 nitrogen and oxygen atoms in total. The van der Waals surface area contributed by atoms with Crippen LogP contribution in [-0.2, 0) is 9.59 Å². The van der Waals surface area contributed by atoms with Gasteiger partial charge in [-0.3, -0.25) is 9.59 Å². The van der Waals surface area contributed by atoms with Gasteiger partial charge in [0.2, 0.25) is 11.8 Å². The lowest BCUT2D eigenvalue weighted by Gasteiger charge is -2.15. The minimum absolute atomic E-state index is 0.0580. The Balaban J connectivity index is 2.15. The molecule has 1 aliphatic rings. The standard InChI is InChI=1S/C13H25N3O2/c1-9(7-8-14)3-6-12(17)15-10(2)13(18)16-11-4-5-11/h9-11H,3-8,14H2,1-2H3,(H,15,17)(H,16,18). The van der Waals surface area contributed by atoms with E-state index >= 15 is 0 Å². The zero-order valence-electron chi connectivity index (χ0n) is 11.4. The smallest absolute Gasteiger partial charge is 0.242 e. The average Bonchev–Trinajstić information content (AvgIpc) is 3.10. The van der Waals surface area contributed by atoms with Crippen LogP contribution in [0.5, 0.6) is 0 Å². The lowest BCUT2D eigenvalue weighted by molar-refractivity contribution is -0.128. The second-order valence-electron chi connectivity index (χ2n) is 5.29. The van der Waals surface area contributed by atoms with Gasteiger partial charge in [-0.25, -0.2) is 0 Å². The molecule has 4 N–H and O–H groups in total. The van der Waals surface area contributed by atoms with Crippen LogP contribution in [0, 0.1) is 5.92 Å². The fourth-order valence-corrected chi connectivity index (χ4v) is 1.74. The van der Waals surface area contributed by atoms with Crippen LogP contribution >= 0.6 is 0 Å². The molecular formula is C13H25N3O2. The average molecular weight is 255 g/mol. The normalized spacial score (nSPS) is 17.9. The molecule has 1 fully saturated rings. The first-order chi connectivity index (χ1) is 8.52. The number of carbonyl (C=O) groups excluding carboxylic acids is 2. The van der Waals surface area contributed by atoms with Crippen LogP contribution < -0.4 is 16.4 Å². The minimum Gasteiger partial charge on any atom is -0.352 e. The predicted molar refractivity (Wildman–Crippen MR) is 70.8 cm³/mol. The Morgan fingerprint density at radius 3 is 2.50 bits per heavy atom. The van der Waals surface area contributed by atoms with Gasteiger partial charge in [-0.2, -0.15) is 0 Å². The maximum Gasteiger partial charge on any atom is 0.242 e. The van der Waals surface area contributed by atoms with E-state index in [0.29, 0.717) is 24.9 Å². The number of hydrogen-bond acceptors (Lipinski definition) is 3. The second-order valence-corrected chi connectivity index (χ2v) is 5.29. The zero-order chi connectivity index (χ0) is 13.5. The summed E-state index contributed by atoms with van der Waals surface area (Å²) in [4.78, 5) is 23.3. The van der Waals surface area contributed by atoms with E-state index in [0.717, 1.165) is 25.7 Å². The number of hydrogen-bond donors (Lipinski definition) is 3. The van der Waals surface area contributed by atoms with Gasteiger partial charge in [0.1, 0.15) is 6.04 Å². The van der Waals surface area contributed by atoms with Crippen molar-refractivity contribution < 1.29 is 9.59 Å². The Morgan fingerprint density at radius 1 is 1.28 bits per heavy atom. The van der Waals surface area contributed by atoms with E-state index in [-0.39, 0.29) is 11.8 Å². The van der Waals surface area contributed by atoms with E-state index in [1.807, 2.05) is 0 Å². The lowest BCUT2D eigenvalue weighted by atomic mass is 10.0. The summed E-state index contributed by atoms with van der Waals surface area (Å²) in [7, 11) is 0. The SMILES string of the molecule is CC(CCN)CCC(=O)NC(C)C(=O)NC1CC1. The van der Waals surface area contributed by atoms with Gasteiger partial charge >= 0.3 is 0 Å². The molecule has 0 aliphatic heterocycles. The van der Waals surface area contributed by atoms with Gasteiger partial charge in [0.05, 0.1) is 0 Å². The van der Waals surface area contributed by atoms with Crippen molar-refractivity contribution in [2.75, 3.05) is 6.54 Å².